The van der Waals surface area contributed by atoms with Crippen molar-refractivity contribution in [2.24, 2.45) is 11.5 Å². The number of carbonyl (C=O) groups excluding carboxylic acids is 2. The summed E-state index contributed by atoms with van der Waals surface area (Å²) < 4.78 is 0. The molecule has 1 aromatic rings. The third-order valence-electron chi connectivity index (χ3n) is 2.66. The predicted molar refractivity (Wildman–Crippen MR) is 74.3 cm³/mol. The van der Waals surface area contributed by atoms with Crippen molar-refractivity contribution in [1.82, 2.24) is 4.90 Å². The molecule has 0 saturated heterocycles. The van der Waals surface area contributed by atoms with Gasteiger partial charge in [-0.15, -0.1) is 0 Å². The molecular weight excluding hydrogens is 244 g/mol. The van der Waals surface area contributed by atoms with Gasteiger partial charge in [-0.2, -0.15) is 0 Å². The first-order valence-electron chi connectivity index (χ1n) is 6.07. The number of benzene rings is 1. The Bertz CT molecular complexity index is 448. The molecule has 0 aliphatic rings. The van der Waals surface area contributed by atoms with E-state index in [1.807, 2.05) is 24.3 Å². The number of nitrogens with two attached hydrogens (primary N) is 2. The van der Waals surface area contributed by atoms with E-state index in [-0.39, 0.29) is 12.5 Å². The number of carbonyl (C=O) groups is 2. The number of primary amides is 1. The number of hydrogen-bond acceptors (Lipinski definition) is 4. The van der Waals surface area contributed by atoms with Gasteiger partial charge in [0.25, 0.3) is 0 Å². The van der Waals surface area contributed by atoms with E-state index >= 15 is 0 Å². The third-order valence-corrected chi connectivity index (χ3v) is 2.66. The molecule has 0 unspecified atom stereocenters. The first kappa shape index (κ1) is 15.1. The van der Waals surface area contributed by atoms with Crippen LogP contribution < -0.4 is 16.8 Å². The molecule has 0 heterocycles. The van der Waals surface area contributed by atoms with Gasteiger partial charge in [-0.25, -0.2) is 0 Å². The van der Waals surface area contributed by atoms with Crippen LogP contribution in [0.2, 0.25) is 0 Å². The number of amides is 2. The maximum atomic E-state index is 11.8. The lowest BCUT2D eigenvalue weighted by Crippen LogP contribution is -2.32. The van der Waals surface area contributed by atoms with Gasteiger partial charge in [0, 0.05) is 25.2 Å². The van der Waals surface area contributed by atoms with Crippen molar-refractivity contribution >= 4 is 17.5 Å². The molecule has 0 aliphatic heterocycles. The summed E-state index contributed by atoms with van der Waals surface area (Å²) >= 11 is 0. The predicted octanol–water partition coefficient (Wildman–Crippen LogP) is -0.109. The SMILES string of the molecule is CN(CCC(=O)Nc1ccccc1CN)CC(N)=O. The number of nitrogens with one attached hydrogen (secondary N) is 1. The van der Waals surface area contributed by atoms with Crippen LogP contribution in [0.3, 0.4) is 0 Å². The smallest absolute Gasteiger partial charge is 0.231 e. The van der Waals surface area contributed by atoms with Crippen LogP contribution in [0.25, 0.3) is 0 Å². The molecule has 0 bridgehead atoms. The molecule has 0 atom stereocenters. The lowest BCUT2D eigenvalue weighted by atomic mass is 10.1. The average molecular weight is 264 g/mol. The van der Waals surface area contributed by atoms with Gasteiger partial charge in [0.1, 0.15) is 0 Å². The second kappa shape index (κ2) is 7.50. The molecule has 1 rings (SSSR count). The van der Waals surface area contributed by atoms with Crippen molar-refractivity contribution in [2.45, 2.75) is 13.0 Å². The molecule has 6 nitrogen and oxygen atoms in total. The quantitative estimate of drug-likeness (QED) is 0.639. The van der Waals surface area contributed by atoms with Crippen LogP contribution in [0.15, 0.2) is 24.3 Å². The molecule has 5 N–H and O–H groups in total. The Balaban J connectivity index is 2.45. The molecule has 1 aromatic carbocycles. The van der Waals surface area contributed by atoms with Crippen molar-refractivity contribution in [1.29, 1.82) is 0 Å². The highest BCUT2D eigenvalue weighted by molar-refractivity contribution is 5.91. The highest BCUT2D eigenvalue weighted by Crippen LogP contribution is 2.14. The molecule has 19 heavy (non-hydrogen) atoms. The van der Waals surface area contributed by atoms with Gasteiger partial charge in [-0.1, -0.05) is 18.2 Å². The summed E-state index contributed by atoms with van der Waals surface area (Å²) in [6.07, 6.45) is 0.294. The van der Waals surface area contributed by atoms with Crippen LogP contribution >= 0.6 is 0 Å². The number of para-hydroxylation sites is 1. The molecule has 0 saturated carbocycles. The number of hydrogen-bond donors (Lipinski definition) is 3. The molecule has 0 spiro atoms. The van der Waals surface area contributed by atoms with Gasteiger partial charge >= 0.3 is 0 Å². The maximum Gasteiger partial charge on any atom is 0.231 e. The molecule has 104 valence electrons. The number of nitrogens with zero attached hydrogens (tertiary/aromatic N) is 1. The molecule has 0 radical (unpaired) electrons. The Labute approximate surface area is 112 Å². The molecule has 6 heteroatoms. The highest BCUT2D eigenvalue weighted by atomic mass is 16.2. The van der Waals surface area contributed by atoms with Crippen LogP contribution in [0.4, 0.5) is 5.69 Å². The summed E-state index contributed by atoms with van der Waals surface area (Å²) in [5.41, 5.74) is 12.3. The molecule has 2 amide bonds. The van der Waals surface area contributed by atoms with Gasteiger partial charge < -0.3 is 16.8 Å². The molecule has 0 aliphatic carbocycles. The summed E-state index contributed by atoms with van der Waals surface area (Å²) in [5.74, 6) is -0.520. The van der Waals surface area contributed by atoms with E-state index in [9.17, 15) is 9.59 Å². The largest absolute Gasteiger partial charge is 0.369 e. The minimum absolute atomic E-state index is 0.114. The lowest BCUT2D eigenvalue weighted by Gasteiger charge is -2.14. The van der Waals surface area contributed by atoms with Crippen LogP contribution in [-0.4, -0.2) is 36.9 Å². The van der Waals surface area contributed by atoms with Gasteiger partial charge in [0.05, 0.1) is 6.54 Å². The lowest BCUT2D eigenvalue weighted by molar-refractivity contribution is -0.120. The zero-order valence-electron chi connectivity index (χ0n) is 11.1. The normalized spacial score (nSPS) is 10.5. The van der Waals surface area contributed by atoms with E-state index in [1.54, 1.807) is 11.9 Å². The molecule has 0 aromatic heterocycles. The first-order chi connectivity index (χ1) is 9.02. The maximum absolute atomic E-state index is 11.8. The third kappa shape index (κ3) is 5.50. The summed E-state index contributed by atoms with van der Waals surface area (Å²) in [6.45, 7) is 0.990. The monoisotopic (exact) mass is 264 g/mol. The van der Waals surface area contributed by atoms with E-state index in [2.05, 4.69) is 5.32 Å². The van der Waals surface area contributed by atoms with E-state index in [0.29, 0.717) is 19.5 Å². The Morgan fingerprint density at radius 3 is 2.63 bits per heavy atom. The van der Waals surface area contributed by atoms with Crippen molar-refractivity contribution in [3.63, 3.8) is 0 Å². The molecular formula is C13H20N4O2. The summed E-state index contributed by atoms with van der Waals surface area (Å²) in [5, 5.41) is 2.81. The van der Waals surface area contributed by atoms with Crippen LogP contribution in [-0.2, 0) is 16.1 Å². The van der Waals surface area contributed by atoms with Crippen molar-refractivity contribution in [3.05, 3.63) is 29.8 Å². The highest BCUT2D eigenvalue weighted by Gasteiger charge is 2.08. The van der Waals surface area contributed by atoms with Crippen molar-refractivity contribution in [2.75, 3.05) is 25.5 Å². The van der Waals surface area contributed by atoms with Gasteiger partial charge in [-0.3, -0.25) is 14.5 Å². The van der Waals surface area contributed by atoms with E-state index in [0.717, 1.165) is 11.3 Å². The second-order valence-corrected chi connectivity index (χ2v) is 4.36. The zero-order chi connectivity index (χ0) is 14.3. The Kier molecular flexibility index (Phi) is 5.98. The van der Waals surface area contributed by atoms with Crippen molar-refractivity contribution in [3.8, 4) is 0 Å². The fraction of sp³-hybridized carbons (Fsp3) is 0.385. The fourth-order valence-corrected chi connectivity index (χ4v) is 1.67. The Hall–Kier alpha value is -1.92. The minimum Gasteiger partial charge on any atom is -0.369 e. The van der Waals surface area contributed by atoms with Gasteiger partial charge in [-0.05, 0) is 18.7 Å². The van der Waals surface area contributed by atoms with Gasteiger partial charge in [0.15, 0.2) is 0 Å². The fourth-order valence-electron chi connectivity index (χ4n) is 1.67. The molecule has 0 fully saturated rings. The Morgan fingerprint density at radius 1 is 1.32 bits per heavy atom. The zero-order valence-corrected chi connectivity index (χ0v) is 11.1. The van der Waals surface area contributed by atoms with Crippen molar-refractivity contribution < 1.29 is 9.59 Å². The minimum atomic E-state index is -0.406. The first-order valence-corrected chi connectivity index (χ1v) is 6.07. The van der Waals surface area contributed by atoms with Crippen LogP contribution in [0, 0.1) is 0 Å². The average Bonchev–Trinajstić information content (AvgIpc) is 2.36. The topological polar surface area (TPSA) is 101 Å². The van der Waals surface area contributed by atoms with Gasteiger partial charge in [0.2, 0.25) is 11.8 Å². The summed E-state index contributed by atoms with van der Waals surface area (Å²) in [6, 6.07) is 7.40. The number of likely N-dealkylation sites (N-methyl/N-ethyl adjacent to an activating group) is 1. The van der Waals surface area contributed by atoms with E-state index < -0.39 is 5.91 Å². The Morgan fingerprint density at radius 2 is 2.00 bits per heavy atom. The van der Waals surface area contributed by atoms with Crippen LogP contribution in [0.5, 0.6) is 0 Å². The summed E-state index contributed by atoms with van der Waals surface area (Å²) in [7, 11) is 1.74. The standard InChI is InChI=1S/C13H20N4O2/c1-17(9-12(15)18)7-6-13(19)16-11-5-3-2-4-10(11)8-14/h2-5H,6-9,14H2,1H3,(H2,15,18)(H,16,19). The van der Waals surface area contributed by atoms with E-state index in [1.165, 1.54) is 0 Å². The number of anilines is 1. The second-order valence-electron chi connectivity index (χ2n) is 4.36. The van der Waals surface area contributed by atoms with Crippen LogP contribution in [0.1, 0.15) is 12.0 Å². The van der Waals surface area contributed by atoms with E-state index in [4.69, 9.17) is 11.5 Å². The summed E-state index contributed by atoms with van der Waals surface area (Å²) in [4.78, 5) is 24.2. The number of rotatable bonds is 7.